The number of benzene rings is 3. The Bertz CT molecular complexity index is 2050. The molecule has 0 atom stereocenters. The molecule has 234 valence electrons. The Labute approximate surface area is 261 Å². The lowest BCUT2D eigenvalue weighted by molar-refractivity contribution is -0.122. The fourth-order valence-corrected chi connectivity index (χ4v) is 5.59. The third-order valence-electron chi connectivity index (χ3n) is 8.04. The van der Waals surface area contributed by atoms with Gasteiger partial charge in [0.05, 0.1) is 39.6 Å². The predicted molar refractivity (Wildman–Crippen MR) is 165 cm³/mol. The number of amides is 2. The summed E-state index contributed by atoms with van der Waals surface area (Å²) in [6, 6.07) is 13.5. The molecule has 3 aromatic carbocycles. The van der Waals surface area contributed by atoms with Crippen LogP contribution in [0.25, 0.3) is 22.6 Å². The Kier molecular flexibility index (Phi) is 6.76. The summed E-state index contributed by atoms with van der Waals surface area (Å²) in [5.41, 5.74) is 4.43. The summed E-state index contributed by atoms with van der Waals surface area (Å²) in [4.78, 5) is 46.0. The van der Waals surface area contributed by atoms with E-state index in [4.69, 9.17) is 29.0 Å². The maximum absolute atomic E-state index is 12.9. The van der Waals surface area contributed by atoms with Crippen LogP contribution >= 0.6 is 0 Å². The molecule has 0 unspecified atom stereocenters. The van der Waals surface area contributed by atoms with Crippen molar-refractivity contribution in [3.8, 4) is 34.5 Å². The fraction of sp³-hybridized carbons (Fsp3) is 0.219. The molecule has 2 aromatic heterocycles. The van der Waals surface area contributed by atoms with Crippen molar-refractivity contribution in [2.75, 3.05) is 30.3 Å². The van der Waals surface area contributed by atoms with Crippen LogP contribution in [-0.4, -0.2) is 63.2 Å². The maximum Gasteiger partial charge on any atom is 0.335 e. The highest BCUT2D eigenvalue weighted by Crippen LogP contribution is 2.43. The number of carboxylic acid groups (broad SMARTS) is 1. The quantitative estimate of drug-likeness (QED) is 0.214. The lowest BCUT2D eigenvalue weighted by Crippen LogP contribution is -2.35. The average Bonchev–Trinajstić information content (AvgIpc) is 3.87. The van der Waals surface area contributed by atoms with Gasteiger partial charge < -0.3 is 39.3 Å². The number of likely N-dealkylation sites (N-methyl/N-ethyl adjacent to an activating group) is 1. The van der Waals surface area contributed by atoms with Gasteiger partial charge in [0.15, 0.2) is 28.8 Å². The van der Waals surface area contributed by atoms with E-state index < -0.39 is 11.4 Å². The number of hydrogen-bond acceptors (Lipinski definition) is 9. The van der Waals surface area contributed by atoms with E-state index in [2.05, 4.69) is 20.5 Å². The minimum atomic E-state index is -0.965. The lowest BCUT2D eigenvalue weighted by Gasteiger charge is -2.18. The molecule has 4 N–H and O–H groups in total. The van der Waals surface area contributed by atoms with Crippen LogP contribution in [0.5, 0.6) is 23.0 Å². The Morgan fingerprint density at radius 3 is 2.28 bits per heavy atom. The first-order valence-corrected chi connectivity index (χ1v) is 14.4. The normalized spacial score (nSPS) is 15.0. The summed E-state index contributed by atoms with van der Waals surface area (Å²) in [6.45, 7) is 6.73. The van der Waals surface area contributed by atoms with Gasteiger partial charge in [-0.15, -0.1) is 0 Å². The van der Waals surface area contributed by atoms with Crippen LogP contribution in [0.4, 0.5) is 11.4 Å². The summed E-state index contributed by atoms with van der Waals surface area (Å²) >= 11 is 0. The smallest absolute Gasteiger partial charge is 0.335 e. The summed E-state index contributed by atoms with van der Waals surface area (Å²) in [5.74, 6) is 1.58. The van der Waals surface area contributed by atoms with Crippen molar-refractivity contribution < 1.29 is 38.4 Å². The van der Waals surface area contributed by atoms with Gasteiger partial charge in [0.25, 0.3) is 5.91 Å². The highest BCUT2D eigenvalue weighted by molar-refractivity contribution is 6.10. The third kappa shape index (κ3) is 4.80. The second-order valence-electron chi connectivity index (χ2n) is 11.2. The lowest BCUT2D eigenvalue weighted by atomic mass is 9.86. The first-order chi connectivity index (χ1) is 22.1. The molecule has 46 heavy (non-hydrogen) atoms. The van der Waals surface area contributed by atoms with Crippen LogP contribution in [0.15, 0.2) is 54.7 Å². The van der Waals surface area contributed by atoms with Crippen molar-refractivity contribution in [3.63, 3.8) is 0 Å². The molecule has 3 aliphatic rings. The van der Waals surface area contributed by atoms with E-state index in [1.165, 1.54) is 18.3 Å². The van der Waals surface area contributed by atoms with E-state index >= 15 is 0 Å². The van der Waals surface area contributed by atoms with Crippen molar-refractivity contribution in [2.24, 2.45) is 0 Å². The van der Waals surface area contributed by atoms with Gasteiger partial charge in [0, 0.05) is 12.1 Å². The number of ether oxygens (including phenoxy) is 4. The molecule has 0 saturated carbocycles. The highest BCUT2D eigenvalue weighted by atomic mass is 16.7. The number of rotatable bonds is 5. The number of aromatic carboxylic acids is 1. The van der Waals surface area contributed by atoms with Crippen molar-refractivity contribution in [3.05, 3.63) is 71.4 Å². The number of aromatic nitrogens is 4. The fourth-order valence-electron chi connectivity index (χ4n) is 5.59. The van der Waals surface area contributed by atoms with Crippen molar-refractivity contribution in [1.82, 2.24) is 20.2 Å². The highest BCUT2D eigenvalue weighted by Gasteiger charge is 2.43. The van der Waals surface area contributed by atoms with Crippen LogP contribution in [0.1, 0.15) is 47.1 Å². The SMILES string of the molecule is CCN1C(=O)C(C)(C)c2cc3[nH]c(-c4[nH]ncc4NC(=O)c4ccc5c(c4)OCO5)nc3cc21.O=C(O)c1ccc2c(c1)OCO2. The number of hydrogen-bond donors (Lipinski definition) is 4. The minimum Gasteiger partial charge on any atom is -0.478 e. The van der Waals surface area contributed by atoms with Gasteiger partial charge in [-0.1, -0.05) is 0 Å². The number of aromatic amines is 2. The number of fused-ring (bicyclic) bond motifs is 4. The summed E-state index contributed by atoms with van der Waals surface area (Å²) in [6.07, 6.45) is 1.54. The largest absolute Gasteiger partial charge is 0.478 e. The Balaban J connectivity index is 0.000000236. The van der Waals surface area contributed by atoms with Crippen molar-refractivity contribution >= 4 is 40.2 Å². The second kappa shape index (κ2) is 10.8. The van der Waals surface area contributed by atoms with E-state index in [0.717, 1.165) is 22.3 Å². The minimum absolute atomic E-state index is 0.0833. The van der Waals surface area contributed by atoms with Crippen LogP contribution in [0.2, 0.25) is 0 Å². The van der Waals surface area contributed by atoms with Crippen LogP contribution in [0, 0.1) is 0 Å². The molecule has 0 spiro atoms. The molecule has 0 saturated heterocycles. The monoisotopic (exact) mass is 624 g/mol. The van der Waals surface area contributed by atoms with E-state index in [0.29, 0.717) is 52.3 Å². The molecule has 0 aliphatic carbocycles. The number of carbonyl (C=O) groups is 3. The van der Waals surface area contributed by atoms with Crippen molar-refractivity contribution in [2.45, 2.75) is 26.2 Å². The zero-order chi connectivity index (χ0) is 32.2. The number of H-pyrrole nitrogens is 2. The zero-order valence-electron chi connectivity index (χ0n) is 25.0. The molecule has 0 fully saturated rings. The van der Waals surface area contributed by atoms with E-state index in [1.54, 1.807) is 29.2 Å². The molecule has 5 aromatic rings. The first kappa shape index (κ1) is 28.7. The average molecular weight is 625 g/mol. The summed E-state index contributed by atoms with van der Waals surface area (Å²) < 4.78 is 20.7. The topological polar surface area (TPSA) is 181 Å². The van der Waals surface area contributed by atoms with Crippen molar-refractivity contribution in [1.29, 1.82) is 0 Å². The predicted octanol–water partition coefficient (Wildman–Crippen LogP) is 4.69. The Morgan fingerprint density at radius 2 is 1.61 bits per heavy atom. The molecule has 0 radical (unpaired) electrons. The maximum atomic E-state index is 12.9. The number of imidazole rings is 1. The number of anilines is 2. The van der Waals surface area contributed by atoms with E-state index in [9.17, 15) is 14.4 Å². The van der Waals surface area contributed by atoms with Gasteiger partial charge >= 0.3 is 5.97 Å². The standard InChI is InChI=1S/C24H22N6O4.C8H6O4/c1-4-30-17-9-15-14(8-13(17)24(2,3)23(30)32)26-21(27-15)20-16(10-25-29-20)28-22(31)12-5-6-18-19(7-12)34-11-33-18;9-8(10)5-1-2-6-7(3-5)12-4-11-6/h5-10H,4,11H2,1-3H3,(H,25,29)(H,26,27)(H,28,31);1-3H,4H2,(H,9,10). The number of carboxylic acids is 1. The molecule has 14 heteroatoms. The second-order valence-corrected chi connectivity index (χ2v) is 11.2. The molecule has 14 nitrogen and oxygen atoms in total. The molecule has 2 amide bonds. The molecule has 5 heterocycles. The molecular formula is C32H28N6O8. The van der Waals surface area contributed by atoms with Crippen LogP contribution in [-0.2, 0) is 10.2 Å². The number of nitrogens with one attached hydrogen (secondary N) is 3. The van der Waals surface area contributed by atoms with Gasteiger partial charge in [-0.05, 0) is 74.9 Å². The number of nitrogens with zero attached hydrogens (tertiary/aromatic N) is 3. The van der Waals surface area contributed by atoms with E-state index in [1.807, 2.05) is 32.9 Å². The van der Waals surface area contributed by atoms with Gasteiger partial charge in [-0.3, -0.25) is 14.7 Å². The van der Waals surface area contributed by atoms with Gasteiger partial charge in [-0.2, -0.15) is 5.10 Å². The molecule has 8 rings (SSSR count). The first-order valence-electron chi connectivity index (χ1n) is 14.4. The summed E-state index contributed by atoms with van der Waals surface area (Å²) in [5, 5.41) is 18.5. The number of carbonyl (C=O) groups excluding carboxylic acids is 2. The van der Waals surface area contributed by atoms with Crippen LogP contribution < -0.4 is 29.2 Å². The Hall–Kier alpha value is -6.05. The van der Waals surface area contributed by atoms with Gasteiger partial charge in [0.1, 0.15) is 5.69 Å². The van der Waals surface area contributed by atoms with Crippen LogP contribution in [0.3, 0.4) is 0 Å². The molecule has 0 bridgehead atoms. The molecular weight excluding hydrogens is 596 g/mol. The van der Waals surface area contributed by atoms with Gasteiger partial charge in [-0.25, -0.2) is 9.78 Å². The third-order valence-corrected chi connectivity index (χ3v) is 8.04. The molecule has 3 aliphatic heterocycles. The van der Waals surface area contributed by atoms with E-state index in [-0.39, 0.29) is 31.0 Å². The van der Waals surface area contributed by atoms with Gasteiger partial charge in [0.2, 0.25) is 19.5 Å². The summed E-state index contributed by atoms with van der Waals surface area (Å²) in [7, 11) is 0. The zero-order valence-corrected chi connectivity index (χ0v) is 25.0. The Morgan fingerprint density at radius 1 is 0.957 bits per heavy atom.